The van der Waals surface area contributed by atoms with Gasteiger partial charge in [0.05, 0.1) is 17.7 Å². The summed E-state index contributed by atoms with van der Waals surface area (Å²) >= 11 is 1.07. The Morgan fingerprint density at radius 2 is 2.05 bits per heavy atom. The van der Waals surface area contributed by atoms with Gasteiger partial charge in [-0.2, -0.15) is 0 Å². The second-order valence-corrected chi connectivity index (χ2v) is 6.02. The van der Waals surface area contributed by atoms with Crippen molar-refractivity contribution in [2.45, 2.75) is 57.4 Å². The highest BCUT2D eigenvalue weighted by atomic mass is 32.1. The van der Waals surface area contributed by atoms with Crippen LogP contribution in [0.1, 0.15) is 60.8 Å². The summed E-state index contributed by atoms with van der Waals surface area (Å²) in [6.07, 6.45) is 5.07. The average Bonchev–Trinajstić information content (AvgIpc) is 2.87. The molecule has 1 saturated carbocycles. The summed E-state index contributed by atoms with van der Waals surface area (Å²) in [5.74, 6) is -1.11. The molecule has 20 heavy (non-hydrogen) atoms. The standard InChI is InChI=1S/C13H19N3O3S/c1-2-9-11(20-16-15-9)12(19)14-13(8-10(17)18)6-4-3-5-7-13/h2-8H2,1H3,(H,14,19)(H,17,18). The molecule has 2 N–H and O–H groups in total. The first-order valence-corrected chi connectivity index (χ1v) is 7.69. The molecule has 0 saturated heterocycles. The van der Waals surface area contributed by atoms with Crippen LogP contribution >= 0.6 is 11.5 Å². The van der Waals surface area contributed by atoms with E-state index < -0.39 is 11.5 Å². The Morgan fingerprint density at radius 3 is 2.65 bits per heavy atom. The van der Waals surface area contributed by atoms with E-state index in [2.05, 4.69) is 14.9 Å². The molecule has 0 radical (unpaired) electrons. The number of carbonyl (C=O) groups is 2. The van der Waals surface area contributed by atoms with Crippen molar-refractivity contribution in [3.8, 4) is 0 Å². The van der Waals surface area contributed by atoms with Crippen LogP contribution in [0.3, 0.4) is 0 Å². The monoisotopic (exact) mass is 297 g/mol. The molecule has 1 aliphatic carbocycles. The van der Waals surface area contributed by atoms with Gasteiger partial charge in [-0.05, 0) is 30.8 Å². The van der Waals surface area contributed by atoms with Gasteiger partial charge >= 0.3 is 5.97 Å². The lowest BCUT2D eigenvalue weighted by Gasteiger charge is -2.36. The second-order valence-electron chi connectivity index (χ2n) is 5.27. The quantitative estimate of drug-likeness (QED) is 0.867. The van der Waals surface area contributed by atoms with E-state index in [0.29, 0.717) is 17.0 Å². The van der Waals surface area contributed by atoms with Crippen molar-refractivity contribution in [3.05, 3.63) is 10.6 Å². The molecule has 110 valence electrons. The van der Waals surface area contributed by atoms with E-state index in [9.17, 15) is 9.59 Å². The number of hydrogen-bond donors (Lipinski definition) is 2. The zero-order valence-electron chi connectivity index (χ0n) is 11.5. The molecule has 1 fully saturated rings. The maximum absolute atomic E-state index is 12.4. The van der Waals surface area contributed by atoms with Gasteiger partial charge in [0.25, 0.3) is 5.91 Å². The van der Waals surface area contributed by atoms with E-state index in [4.69, 9.17) is 5.11 Å². The highest BCUT2D eigenvalue weighted by Gasteiger charge is 2.36. The Morgan fingerprint density at radius 1 is 1.35 bits per heavy atom. The van der Waals surface area contributed by atoms with Crippen LogP contribution in [-0.2, 0) is 11.2 Å². The van der Waals surface area contributed by atoms with Crippen LogP contribution in [0.15, 0.2) is 0 Å². The number of carbonyl (C=O) groups excluding carboxylic acids is 1. The third-order valence-electron chi connectivity index (χ3n) is 3.78. The van der Waals surface area contributed by atoms with E-state index in [1.165, 1.54) is 0 Å². The van der Waals surface area contributed by atoms with Crippen molar-refractivity contribution < 1.29 is 14.7 Å². The lowest BCUT2D eigenvalue weighted by molar-refractivity contribution is -0.139. The van der Waals surface area contributed by atoms with Crippen LogP contribution in [0.5, 0.6) is 0 Å². The SMILES string of the molecule is CCc1nnsc1C(=O)NC1(CC(=O)O)CCCCC1. The van der Waals surface area contributed by atoms with Gasteiger partial charge in [0.2, 0.25) is 0 Å². The van der Waals surface area contributed by atoms with Crippen LogP contribution in [0.2, 0.25) is 0 Å². The summed E-state index contributed by atoms with van der Waals surface area (Å²) in [5.41, 5.74) is 0.0599. The van der Waals surface area contributed by atoms with Gasteiger partial charge in [-0.25, -0.2) is 0 Å². The van der Waals surface area contributed by atoms with Crippen molar-refractivity contribution in [1.29, 1.82) is 0 Å². The summed E-state index contributed by atoms with van der Waals surface area (Å²) in [5, 5.41) is 16.0. The molecule has 6 nitrogen and oxygen atoms in total. The van der Waals surface area contributed by atoms with E-state index >= 15 is 0 Å². The second kappa shape index (κ2) is 6.30. The number of carboxylic acid groups (broad SMARTS) is 1. The van der Waals surface area contributed by atoms with Crippen LogP contribution in [0.25, 0.3) is 0 Å². The van der Waals surface area contributed by atoms with Crippen LogP contribution in [0.4, 0.5) is 0 Å². The molecule has 0 aliphatic heterocycles. The number of amides is 1. The van der Waals surface area contributed by atoms with Gasteiger partial charge in [-0.15, -0.1) is 5.10 Å². The van der Waals surface area contributed by atoms with Crippen molar-refractivity contribution in [1.82, 2.24) is 14.9 Å². The number of rotatable bonds is 5. The van der Waals surface area contributed by atoms with Gasteiger partial charge in [0.15, 0.2) is 0 Å². The number of aliphatic carboxylic acids is 1. The number of carboxylic acids is 1. The zero-order chi connectivity index (χ0) is 14.6. The van der Waals surface area contributed by atoms with Crippen molar-refractivity contribution >= 4 is 23.4 Å². The molecular weight excluding hydrogens is 278 g/mol. The highest BCUT2D eigenvalue weighted by Crippen LogP contribution is 2.31. The Hall–Kier alpha value is -1.50. The Labute approximate surface area is 121 Å². The molecule has 1 aromatic heterocycles. The summed E-state index contributed by atoms with van der Waals surface area (Å²) in [6.45, 7) is 1.92. The lowest BCUT2D eigenvalue weighted by Crippen LogP contribution is -2.51. The van der Waals surface area contributed by atoms with Gasteiger partial charge in [0, 0.05) is 0 Å². The fourth-order valence-electron chi connectivity index (χ4n) is 2.77. The summed E-state index contributed by atoms with van der Waals surface area (Å²) in [4.78, 5) is 24.0. The van der Waals surface area contributed by atoms with E-state index in [1.54, 1.807) is 0 Å². The summed E-state index contributed by atoms with van der Waals surface area (Å²) in [7, 11) is 0. The predicted octanol–water partition coefficient (Wildman–Crippen LogP) is 2.01. The van der Waals surface area contributed by atoms with E-state index in [0.717, 1.165) is 43.6 Å². The first kappa shape index (κ1) is 14.9. The minimum Gasteiger partial charge on any atom is -0.481 e. The third-order valence-corrected chi connectivity index (χ3v) is 4.54. The molecule has 0 spiro atoms. The Bertz CT molecular complexity index is 495. The summed E-state index contributed by atoms with van der Waals surface area (Å²) in [6, 6.07) is 0. The first-order chi connectivity index (χ1) is 9.56. The Kier molecular flexibility index (Phi) is 4.69. The minimum absolute atomic E-state index is 0.0214. The topological polar surface area (TPSA) is 92.2 Å². The van der Waals surface area contributed by atoms with Crippen molar-refractivity contribution in [2.24, 2.45) is 0 Å². The maximum atomic E-state index is 12.4. The minimum atomic E-state index is -0.870. The molecular formula is C13H19N3O3S. The first-order valence-electron chi connectivity index (χ1n) is 6.92. The normalized spacial score (nSPS) is 17.6. The fraction of sp³-hybridized carbons (Fsp3) is 0.692. The van der Waals surface area contributed by atoms with Crippen LogP contribution in [-0.4, -0.2) is 32.1 Å². The fourth-order valence-corrected chi connectivity index (χ4v) is 3.42. The maximum Gasteiger partial charge on any atom is 0.305 e. The third kappa shape index (κ3) is 3.33. The molecule has 7 heteroatoms. The average molecular weight is 297 g/mol. The molecule has 1 amide bonds. The van der Waals surface area contributed by atoms with Crippen LogP contribution in [0, 0.1) is 0 Å². The van der Waals surface area contributed by atoms with E-state index in [1.807, 2.05) is 6.92 Å². The summed E-state index contributed by atoms with van der Waals surface area (Å²) < 4.78 is 3.81. The van der Waals surface area contributed by atoms with Crippen molar-refractivity contribution in [3.63, 3.8) is 0 Å². The number of nitrogens with one attached hydrogen (secondary N) is 1. The molecule has 0 aromatic carbocycles. The van der Waals surface area contributed by atoms with Gasteiger partial charge in [-0.1, -0.05) is 30.7 Å². The number of aryl methyl sites for hydroxylation is 1. The number of hydrogen-bond acceptors (Lipinski definition) is 5. The van der Waals surface area contributed by atoms with E-state index in [-0.39, 0.29) is 12.3 Å². The molecule has 1 aliphatic rings. The van der Waals surface area contributed by atoms with Crippen molar-refractivity contribution in [2.75, 3.05) is 0 Å². The predicted molar refractivity (Wildman–Crippen MR) is 74.8 cm³/mol. The molecule has 0 bridgehead atoms. The zero-order valence-corrected chi connectivity index (χ0v) is 12.3. The van der Waals surface area contributed by atoms with Crippen LogP contribution < -0.4 is 5.32 Å². The largest absolute Gasteiger partial charge is 0.481 e. The van der Waals surface area contributed by atoms with Gasteiger partial charge in [-0.3, -0.25) is 9.59 Å². The molecule has 1 aromatic rings. The molecule has 1 heterocycles. The molecule has 0 unspecified atom stereocenters. The smallest absolute Gasteiger partial charge is 0.305 e. The number of aromatic nitrogens is 2. The molecule has 2 rings (SSSR count). The van der Waals surface area contributed by atoms with Gasteiger partial charge < -0.3 is 10.4 Å². The lowest BCUT2D eigenvalue weighted by atomic mass is 9.79. The Balaban J connectivity index is 2.15. The number of nitrogens with zero attached hydrogens (tertiary/aromatic N) is 2. The highest BCUT2D eigenvalue weighted by molar-refractivity contribution is 7.08. The molecule has 0 atom stereocenters. The van der Waals surface area contributed by atoms with Gasteiger partial charge in [0.1, 0.15) is 4.88 Å².